The molecule has 0 aromatic carbocycles. The molecular weight excluding hydrogens is 296 g/mol. The maximum atomic E-state index is 3.63. The predicted molar refractivity (Wildman–Crippen MR) is 78.5 cm³/mol. The average molecular weight is 317 g/mol. The zero-order valence-electron chi connectivity index (χ0n) is 10.6. The minimum Gasteiger partial charge on any atom is -0.312 e. The van der Waals surface area contributed by atoms with Gasteiger partial charge in [-0.05, 0) is 46.8 Å². The van der Waals surface area contributed by atoms with Crippen LogP contribution in [0, 0.1) is 5.41 Å². The Morgan fingerprint density at radius 1 is 1.59 bits per heavy atom. The van der Waals surface area contributed by atoms with Gasteiger partial charge < -0.3 is 10.6 Å². The Kier molecular flexibility index (Phi) is 4.64. The molecule has 0 radical (unpaired) electrons. The minimum atomic E-state index is 0.418. The summed E-state index contributed by atoms with van der Waals surface area (Å²) < 4.78 is 1.19. The molecule has 1 aromatic rings. The summed E-state index contributed by atoms with van der Waals surface area (Å²) in [7, 11) is 0. The SMILES string of the molecule is CC1(C)CCCNC1CNCc1cc(Br)cs1. The van der Waals surface area contributed by atoms with Crippen molar-refractivity contribution < 1.29 is 0 Å². The Morgan fingerprint density at radius 2 is 2.41 bits per heavy atom. The molecule has 0 bridgehead atoms. The lowest BCUT2D eigenvalue weighted by Gasteiger charge is -2.39. The first-order valence-electron chi connectivity index (χ1n) is 6.25. The maximum Gasteiger partial charge on any atom is 0.0300 e. The summed E-state index contributed by atoms with van der Waals surface area (Å²) in [4.78, 5) is 1.39. The van der Waals surface area contributed by atoms with Crippen molar-refractivity contribution in [2.45, 2.75) is 39.3 Å². The second kappa shape index (κ2) is 5.83. The van der Waals surface area contributed by atoms with Crippen molar-refractivity contribution >= 4 is 27.3 Å². The van der Waals surface area contributed by atoms with Gasteiger partial charge in [-0.1, -0.05) is 13.8 Å². The van der Waals surface area contributed by atoms with Crippen LogP contribution in [0.2, 0.25) is 0 Å². The number of halogens is 1. The zero-order chi connectivity index (χ0) is 12.3. The number of hydrogen-bond donors (Lipinski definition) is 2. The molecule has 0 amide bonds. The molecular formula is C13H21BrN2S. The molecule has 17 heavy (non-hydrogen) atoms. The molecule has 1 aromatic heterocycles. The molecule has 0 saturated carbocycles. The Morgan fingerprint density at radius 3 is 3.06 bits per heavy atom. The molecule has 1 aliphatic heterocycles. The first-order valence-corrected chi connectivity index (χ1v) is 7.92. The fourth-order valence-corrected chi connectivity index (χ4v) is 3.83. The highest BCUT2D eigenvalue weighted by Crippen LogP contribution is 2.29. The van der Waals surface area contributed by atoms with Gasteiger partial charge in [0.05, 0.1) is 0 Å². The second-order valence-electron chi connectivity index (χ2n) is 5.46. The summed E-state index contributed by atoms with van der Waals surface area (Å²) in [5.74, 6) is 0. The highest BCUT2D eigenvalue weighted by molar-refractivity contribution is 9.10. The van der Waals surface area contributed by atoms with Crippen molar-refractivity contribution in [3.8, 4) is 0 Å². The van der Waals surface area contributed by atoms with E-state index >= 15 is 0 Å². The third kappa shape index (κ3) is 3.78. The lowest BCUT2D eigenvalue weighted by atomic mass is 9.77. The van der Waals surface area contributed by atoms with Crippen LogP contribution >= 0.6 is 27.3 Å². The standard InChI is InChI=1S/C13H21BrN2S/c1-13(2)4-3-5-16-12(13)8-15-7-11-6-10(14)9-17-11/h6,9,12,15-16H,3-5,7-8H2,1-2H3. The van der Waals surface area contributed by atoms with Crippen LogP contribution in [0.25, 0.3) is 0 Å². The number of hydrogen-bond acceptors (Lipinski definition) is 3. The van der Waals surface area contributed by atoms with E-state index in [-0.39, 0.29) is 0 Å². The normalized spacial score (nSPS) is 23.8. The van der Waals surface area contributed by atoms with Crippen molar-refractivity contribution in [1.29, 1.82) is 0 Å². The molecule has 1 saturated heterocycles. The van der Waals surface area contributed by atoms with Crippen LogP contribution in [0.4, 0.5) is 0 Å². The Hall–Kier alpha value is 0.1000. The van der Waals surface area contributed by atoms with Gasteiger partial charge in [-0.15, -0.1) is 11.3 Å². The van der Waals surface area contributed by atoms with Crippen LogP contribution in [0.3, 0.4) is 0 Å². The molecule has 0 aliphatic carbocycles. The third-order valence-electron chi connectivity index (χ3n) is 3.60. The molecule has 4 heteroatoms. The van der Waals surface area contributed by atoms with Gasteiger partial charge in [0.2, 0.25) is 0 Å². The first kappa shape index (κ1) is 13.5. The lowest BCUT2D eigenvalue weighted by molar-refractivity contribution is 0.176. The number of nitrogens with one attached hydrogen (secondary N) is 2. The zero-order valence-corrected chi connectivity index (χ0v) is 13.0. The van der Waals surface area contributed by atoms with E-state index in [0.717, 1.165) is 13.1 Å². The quantitative estimate of drug-likeness (QED) is 0.890. The Bertz CT molecular complexity index is 362. The van der Waals surface area contributed by atoms with Gasteiger partial charge in [-0.3, -0.25) is 0 Å². The first-order chi connectivity index (χ1) is 8.08. The highest BCUT2D eigenvalue weighted by Gasteiger charge is 2.31. The van der Waals surface area contributed by atoms with Crippen LogP contribution < -0.4 is 10.6 Å². The molecule has 1 atom stereocenters. The van der Waals surface area contributed by atoms with Crippen molar-refractivity contribution in [3.63, 3.8) is 0 Å². The van der Waals surface area contributed by atoms with Gasteiger partial charge in [-0.2, -0.15) is 0 Å². The molecule has 2 nitrogen and oxygen atoms in total. The minimum absolute atomic E-state index is 0.418. The molecule has 2 heterocycles. The average Bonchev–Trinajstić information content (AvgIpc) is 2.67. The molecule has 1 unspecified atom stereocenters. The van der Waals surface area contributed by atoms with E-state index in [4.69, 9.17) is 0 Å². The van der Waals surface area contributed by atoms with Crippen LogP contribution in [0.5, 0.6) is 0 Å². The monoisotopic (exact) mass is 316 g/mol. The summed E-state index contributed by atoms with van der Waals surface area (Å²) in [5, 5.41) is 9.34. The van der Waals surface area contributed by atoms with Gasteiger partial charge >= 0.3 is 0 Å². The fourth-order valence-electron chi connectivity index (χ4n) is 2.41. The summed E-state index contributed by atoms with van der Waals surface area (Å²) in [5.41, 5.74) is 0.418. The molecule has 2 rings (SSSR count). The maximum absolute atomic E-state index is 3.63. The van der Waals surface area contributed by atoms with E-state index in [2.05, 4.69) is 51.9 Å². The fraction of sp³-hybridized carbons (Fsp3) is 0.692. The predicted octanol–water partition coefficient (Wildman–Crippen LogP) is 3.38. The van der Waals surface area contributed by atoms with Crippen molar-refractivity contribution in [2.75, 3.05) is 13.1 Å². The Labute approximate surface area is 116 Å². The van der Waals surface area contributed by atoms with E-state index < -0.39 is 0 Å². The van der Waals surface area contributed by atoms with Gasteiger partial charge in [-0.25, -0.2) is 0 Å². The molecule has 0 spiro atoms. The van der Waals surface area contributed by atoms with Crippen LogP contribution in [0.1, 0.15) is 31.6 Å². The summed E-state index contributed by atoms with van der Waals surface area (Å²) in [6.45, 7) is 7.94. The number of rotatable bonds is 4. The number of thiophene rings is 1. The second-order valence-corrected chi connectivity index (χ2v) is 7.37. The van der Waals surface area contributed by atoms with Crippen molar-refractivity contribution in [1.82, 2.24) is 10.6 Å². The topological polar surface area (TPSA) is 24.1 Å². The van der Waals surface area contributed by atoms with Gasteiger partial charge in [0.25, 0.3) is 0 Å². The van der Waals surface area contributed by atoms with Crippen molar-refractivity contribution in [2.24, 2.45) is 5.41 Å². The van der Waals surface area contributed by atoms with Crippen LogP contribution in [-0.4, -0.2) is 19.1 Å². The largest absolute Gasteiger partial charge is 0.312 e. The van der Waals surface area contributed by atoms with Gasteiger partial charge in [0, 0.05) is 33.9 Å². The van der Waals surface area contributed by atoms with Crippen molar-refractivity contribution in [3.05, 3.63) is 20.8 Å². The molecule has 2 N–H and O–H groups in total. The van der Waals surface area contributed by atoms with E-state index in [9.17, 15) is 0 Å². The van der Waals surface area contributed by atoms with E-state index in [1.165, 1.54) is 28.7 Å². The smallest absolute Gasteiger partial charge is 0.0300 e. The lowest BCUT2D eigenvalue weighted by Crippen LogP contribution is -2.51. The third-order valence-corrected chi connectivity index (χ3v) is 5.30. The number of piperidine rings is 1. The van der Waals surface area contributed by atoms with E-state index in [1.807, 2.05) is 0 Å². The molecule has 1 aliphatic rings. The van der Waals surface area contributed by atoms with Crippen LogP contribution in [-0.2, 0) is 6.54 Å². The Balaban J connectivity index is 1.77. The van der Waals surface area contributed by atoms with Gasteiger partial charge in [0.1, 0.15) is 0 Å². The summed E-state index contributed by atoms with van der Waals surface area (Å²) >= 11 is 5.30. The summed E-state index contributed by atoms with van der Waals surface area (Å²) in [6.07, 6.45) is 2.64. The molecule has 1 fully saturated rings. The molecule has 96 valence electrons. The van der Waals surface area contributed by atoms with E-state index in [1.54, 1.807) is 11.3 Å². The van der Waals surface area contributed by atoms with E-state index in [0.29, 0.717) is 11.5 Å². The van der Waals surface area contributed by atoms with Crippen LogP contribution in [0.15, 0.2) is 15.9 Å². The summed E-state index contributed by atoms with van der Waals surface area (Å²) in [6, 6.07) is 2.79. The highest BCUT2D eigenvalue weighted by atomic mass is 79.9. The van der Waals surface area contributed by atoms with Gasteiger partial charge in [0.15, 0.2) is 0 Å².